The minimum atomic E-state index is -4.71. The Balaban J connectivity index is 1.59. The summed E-state index contributed by atoms with van der Waals surface area (Å²) in [5.41, 5.74) is -1.23. The number of anilines is 1. The molecule has 10 heteroatoms. The normalized spacial score (nSPS) is 15.1. The molecule has 2 aromatic heterocycles. The van der Waals surface area contributed by atoms with Crippen LogP contribution in [0.2, 0.25) is 0 Å². The molecule has 0 unspecified atom stereocenters. The molecule has 0 N–H and O–H groups in total. The Bertz CT molecular complexity index is 948. The Hall–Kier alpha value is -2.88. The molecule has 4 rings (SSSR count). The number of aromatic nitrogens is 3. The standard InChI is InChI=1S/C18H16F3N5OS/c19-18(20,21)15-14(12-23-26(15)13-4-2-1-3-5-13)16(27)24-7-9-25(10-8-24)17-22-6-11-28-17/h1-6,11-12H,7-10H2. The van der Waals surface area contributed by atoms with E-state index in [1.165, 1.54) is 28.4 Å². The molecule has 1 fully saturated rings. The van der Waals surface area contributed by atoms with E-state index in [-0.39, 0.29) is 5.69 Å². The zero-order valence-electron chi connectivity index (χ0n) is 14.6. The molecule has 1 aromatic carbocycles. The number of nitrogens with zero attached hydrogens (tertiary/aromatic N) is 5. The molecule has 3 heterocycles. The van der Waals surface area contributed by atoms with Gasteiger partial charge in [-0.05, 0) is 12.1 Å². The number of amides is 1. The monoisotopic (exact) mass is 407 g/mol. The van der Waals surface area contributed by atoms with Crippen LogP contribution >= 0.6 is 11.3 Å². The van der Waals surface area contributed by atoms with Gasteiger partial charge in [0.15, 0.2) is 10.8 Å². The molecule has 1 amide bonds. The lowest BCUT2D eigenvalue weighted by Crippen LogP contribution is -2.49. The molecule has 28 heavy (non-hydrogen) atoms. The van der Waals surface area contributed by atoms with Crippen LogP contribution < -0.4 is 4.90 Å². The van der Waals surface area contributed by atoms with Crippen LogP contribution in [0.15, 0.2) is 48.1 Å². The van der Waals surface area contributed by atoms with E-state index in [9.17, 15) is 18.0 Å². The number of rotatable bonds is 3. The number of piperazine rings is 1. The van der Waals surface area contributed by atoms with Gasteiger partial charge in [0.25, 0.3) is 5.91 Å². The van der Waals surface area contributed by atoms with Crippen LogP contribution in [-0.4, -0.2) is 51.8 Å². The van der Waals surface area contributed by atoms with Crippen molar-refractivity contribution in [2.75, 3.05) is 31.1 Å². The van der Waals surface area contributed by atoms with Gasteiger partial charge >= 0.3 is 6.18 Å². The molecule has 0 radical (unpaired) electrons. The molecule has 146 valence electrons. The minimum absolute atomic E-state index is 0.252. The van der Waals surface area contributed by atoms with Crippen LogP contribution in [0.25, 0.3) is 5.69 Å². The fourth-order valence-electron chi connectivity index (χ4n) is 3.19. The minimum Gasteiger partial charge on any atom is -0.345 e. The number of carbonyl (C=O) groups excluding carboxylic acids is 1. The number of hydrogen-bond acceptors (Lipinski definition) is 5. The Kier molecular flexibility index (Phi) is 4.80. The summed E-state index contributed by atoms with van der Waals surface area (Å²) in [5.74, 6) is -0.659. The highest BCUT2D eigenvalue weighted by Crippen LogP contribution is 2.34. The van der Waals surface area contributed by atoms with Crippen molar-refractivity contribution in [3.8, 4) is 5.69 Å². The van der Waals surface area contributed by atoms with Crippen molar-refractivity contribution in [3.05, 3.63) is 59.4 Å². The first kappa shape index (κ1) is 18.5. The zero-order chi connectivity index (χ0) is 19.7. The molecular weight excluding hydrogens is 391 g/mol. The highest BCUT2D eigenvalue weighted by Gasteiger charge is 2.41. The molecule has 6 nitrogen and oxygen atoms in total. The fourth-order valence-corrected chi connectivity index (χ4v) is 3.88. The summed E-state index contributed by atoms with van der Waals surface area (Å²) in [6, 6.07) is 7.98. The highest BCUT2D eigenvalue weighted by atomic mass is 32.1. The van der Waals surface area contributed by atoms with E-state index >= 15 is 0 Å². The average Bonchev–Trinajstić information content (AvgIpc) is 3.38. The van der Waals surface area contributed by atoms with Crippen LogP contribution in [0, 0.1) is 0 Å². The Morgan fingerprint density at radius 3 is 2.39 bits per heavy atom. The number of thiazole rings is 1. The zero-order valence-corrected chi connectivity index (χ0v) is 15.5. The largest absolute Gasteiger partial charge is 0.434 e. The highest BCUT2D eigenvalue weighted by molar-refractivity contribution is 7.13. The maximum atomic E-state index is 13.8. The van der Waals surface area contributed by atoms with Gasteiger partial charge in [0.1, 0.15) is 0 Å². The second-order valence-corrected chi connectivity index (χ2v) is 7.12. The third-order valence-corrected chi connectivity index (χ3v) is 5.36. The van der Waals surface area contributed by atoms with E-state index in [0.29, 0.717) is 26.2 Å². The smallest absolute Gasteiger partial charge is 0.345 e. The van der Waals surface area contributed by atoms with Gasteiger partial charge in [-0.15, -0.1) is 11.3 Å². The van der Waals surface area contributed by atoms with E-state index in [1.807, 2.05) is 10.3 Å². The lowest BCUT2D eigenvalue weighted by atomic mass is 10.2. The number of benzene rings is 1. The van der Waals surface area contributed by atoms with E-state index in [0.717, 1.165) is 16.0 Å². The van der Waals surface area contributed by atoms with Gasteiger partial charge in [-0.1, -0.05) is 18.2 Å². The molecule has 1 saturated heterocycles. The van der Waals surface area contributed by atoms with Crippen molar-refractivity contribution in [3.63, 3.8) is 0 Å². The predicted molar refractivity (Wildman–Crippen MR) is 98.8 cm³/mol. The topological polar surface area (TPSA) is 54.3 Å². The summed E-state index contributed by atoms with van der Waals surface area (Å²) < 4.78 is 42.0. The molecule has 3 aromatic rings. The van der Waals surface area contributed by atoms with Crippen molar-refractivity contribution >= 4 is 22.4 Å². The molecule has 0 atom stereocenters. The van der Waals surface area contributed by atoms with Crippen molar-refractivity contribution < 1.29 is 18.0 Å². The molecule has 0 bridgehead atoms. The van der Waals surface area contributed by atoms with E-state index < -0.39 is 23.3 Å². The van der Waals surface area contributed by atoms with Crippen LogP contribution in [0.5, 0.6) is 0 Å². The first-order valence-corrected chi connectivity index (χ1v) is 9.47. The Labute approximate surface area is 162 Å². The number of para-hydroxylation sites is 1. The summed E-state index contributed by atoms with van der Waals surface area (Å²) in [4.78, 5) is 20.5. The lowest BCUT2D eigenvalue weighted by molar-refractivity contribution is -0.143. The molecule has 0 aliphatic carbocycles. The molecule has 0 spiro atoms. The van der Waals surface area contributed by atoms with Gasteiger partial charge in [-0.25, -0.2) is 9.67 Å². The van der Waals surface area contributed by atoms with Gasteiger partial charge in [-0.3, -0.25) is 4.79 Å². The Morgan fingerprint density at radius 2 is 1.79 bits per heavy atom. The first-order valence-electron chi connectivity index (χ1n) is 8.59. The van der Waals surface area contributed by atoms with E-state index in [2.05, 4.69) is 10.1 Å². The van der Waals surface area contributed by atoms with E-state index in [1.54, 1.807) is 24.4 Å². The van der Waals surface area contributed by atoms with Gasteiger partial charge in [0.2, 0.25) is 0 Å². The number of carbonyl (C=O) groups is 1. The quantitative estimate of drug-likeness (QED) is 0.669. The predicted octanol–water partition coefficient (Wildman–Crippen LogP) is 3.31. The summed E-state index contributed by atoms with van der Waals surface area (Å²) in [6.07, 6.45) is -2.00. The first-order chi connectivity index (χ1) is 13.4. The maximum absolute atomic E-state index is 13.8. The third-order valence-electron chi connectivity index (χ3n) is 4.53. The van der Waals surface area contributed by atoms with Crippen LogP contribution in [0.1, 0.15) is 16.1 Å². The van der Waals surface area contributed by atoms with Crippen LogP contribution in [0.4, 0.5) is 18.3 Å². The number of hydrogen-bond donors (Lipinski definition) is 0. The summed E-state index contributed by atoms with van der Waals surface area (Å²) in [7, 11) is 0. The van der Waals surface area contributed by atoms with Gasteiger partial charge < -0.3 is 9.80 Å². The van der Waals surface area contributed by atoms with Crippen molar-refractivity contribution in [1.82, 2.24) is 19.7 Å². The number of alkyl halides is 3. The Morgan fingerprint density at radius 1 is 1.07 bits per heavy atom. The summed E-state index contributed by atoms with van der Waals surface area (Å²) in [6.45, 7) is 1.69. The van der Waals surface area contributed by atoms with Crippen LogP contribution in [-0.2, 0) is 6.18 Å². The SMILES string of the molecule is O=C(c1cnn(-c2ccccc2)c1C(F)(F)F)N1CCN(c2nccs2)CC1. The summed E-state index contributed by atoms with van der Waals surface area (Å²) in [5, 5.41) is 6.56. The lowest BCUT2D eigenvalue weighted by Gasteiger charge is -2.34. The van der Waals surface area contributed by atoms with Crippen molar-refractivity contribution in [2.45, 2.75) is 6.18 Å². The van der Waals surface area contributed by atoms with Crippen LogP contribution in [0.3, 0.4) is 0 Å². The van der Waals surface area contributed by atoms with Crippen molar-refractivity contribution in [1.29, 1.82) is 0 Å². The second-order valence-electron chi connectivity index (χ2n) is 6.25. The van der Waals surface area contributed by atoms with Gasteiger partial charge in [0.05, 0.1) is 17.4 Å². The van der Waals surface area contributed by atoms with Gasteiger partial charge in [0, 0.05) is 37.8 Å². The average molecular weight is 407 g/mol. The van der Waals surface area contributed by atoms with Gasteiger partial charge in [-0.2, -0.15) is 18.3 Å². The van der Waals surface area contributed by atoms with E-state index in [4.69, 9.17) is 0 Å². The second kappa shape index (κ2) is 7.27. The number of halogens is 3. The maximum Gasteiger partial charge on any atom is 0.434 e. The molecule has 1 aliphatic rings. The molecule has 1 aliphatic heterocycles. The molecular formula is C18H16F3N5OS. The van der Waals surface area contributed by atoms with Crippen molar-refractivity contribution in [2.24, 2.45) is 0 Å². The molecule has 0 saturated carbocycles. The summed E-state index contributed by atoms with van der Waals surface area (Å²) >= 11 is 1.49. The third kappa shape index (κ3) is 3.47. The fraction of sp³-hybridized carbons (Fsp3) is 0.278.